The molecule has 4 nitrogen and oxygen atoms in total. The van der Waals surface area contributed by atoms with Crippen molar-refractivity contribution in [1.82, 2.24) is 4.57 Å². The van der Waals surface area contributed by atoms with Gasteiger partial charge in [-0.3, -0.25) is 0 Å². The average molecular weight is 351 g/mol. The monoisotopic (exact) mass is 351 g/mol. The Morgan fingerprint density at radius 2 is 2.08 bits per heavy atom. The van der Waals surface area contributed by atoms with Crippen LogP contribution in [0.2, 0.25) is 0 Å². The minimum Gasteiger partial charge on any atom is -0.497 e. The zero-order valence-electron chi connectivity index (χ0n) is 14.7. The summed E-state index contributed by atoms with van der Waals surface area (Å²) in [6.07, 6.45) is 2.98. The molecule has 0 aliphatic carbocycles. The molecule has 1 heterocycles. The maximum Gasteiger partial charge on any atom is 0.120 e. The van der Waals surface area contributed by atoms with Crippen LogP contribution >= 0.6 is 11.9 Å². The second kappa shape index (κ2) is 7.54. The molecule has 0 aliphatic rings. The van der Waals surface area contributed by atoms with Crippen molar-refractivity contribution in [3.8, 4) is 23.1 Å². The van der Waals surface area contributed by atoms with Crippen molar-refractivity contribution < 1.29 is 4.74 Å². The predicted octanol–water partition coefficient (Wildman–Crippen LogP) is 5.29. The van der Waals surface area contributed by atoms with E-state index in [4.69, 9.17) is 4.74 Å². The first kappa shape index (κ1) is 17.2. The van der Waals surface area contributed by atoms with Gasteiger partial charge in [-0.05, 0) is 30.7 Å². The van der Waals surface area contributed by atoms with Crippen LogP contribution in [0, 0.1) is 11.3 Å². The molecule has 2 aromatic carbocycles. The van der Waals surface area contributed by atoms with Crippen molar-refractivity contribution >= 4 is 28.5 Å². The van der Waals surface area contributed by atoms with Crippen LogP contribution in [0.4, 0.5) is 5.69 Å². The highest BCUT2D eigenvalue weighted by molar-refractivity contribution is 7.99. The molecule has 0 atom stereocenters. The number of hydrogen-bond donors (Lipinski definition) is 1. The van der Waals surface area contributed by atoms with Crippen LogP contribution in [0.1, 0.15) is 18.9 Å². The fourth-order valence-corrected chi connectivity index (χ4v) is 3.54. The topological polar surface area (TPSA) is 50.0 Å². The lowest BCUT2D eigenvalue weighted by Crippen LogP contribution is -2.00. The molecule has 128 valence electrons. The first-order chi connectivity index (χ1) is 12.2. The van der Waals surface area contributed by atoms with Gasteiger partial charge in [0.05, 0.1) is 23.9 Å². The Morgan fingerprint density at radius 1 is 1.24 bits per heavy atom. The summed E-state index contributed by atoms with van der Waals surface area (Å²) in [5.41, 5.74) is 4.79. The Bertz CT molecular complexity index is 940. The van der Waals surface area contributed by atoms with E-state index >= 15 is 0 Å². The van der Waals surface area contributed by atoms with Crippen LogP contribution in [0.5, 0.6) is 5.75 Å². The van der Waals surface area contributed by atoms with Crippen LogP contribution in [-0.4, -0.2) is 17.9 Å². The second-order valence-corrected chi connectivity index (χ2v) is 6.37. The standard InChI is InChI=1S/C20H21N3OS/c1-4-10-23-19-12-16(24-2)8-9-17(19)18(13-21)20(23)14-6-5-7-15(11-14)22-25-3/h5-9,11-12,22H,4,10H2,1-3H3. The minimum absolute atomic E-state index is 0.715. The van der Waals surface area contributed by atoms with Gasteiger partial charge in [0, 0.05) is 35.5 Å². The highest BCUT2D eigenvalue weighted by Crippen LogP contribution is 2.36. The van der Waals surface area contributed by atoms with E-state index in [9.17, 15) is 5.26 Å². The molecule has 25 heavy (non-hydrogen) atoms. The molecular formula is C20H21N3OS. The summed E-state index contributed by atoms with van der Waals surface area (Å²) in [5, 5.41) is 10.8. The maximum absolute atomic E-state index is 9.84. The third-order valence-electron chi connectivity index (χ3n) is 4.19. The predicted molar refractivity (Wildman–Crippen MR) is 106 cm³/mol. The molecular weight excluding hydrogens is 330 g/mol. The van der Waals surface area contributed by atoms with Gasteiger partial charge in [-0.15, -0.1) is 0 Å². The Morgan fingerprint density at radius 3 is 2.76 bits per heavy atom. The van der Waals surface area contributed by atoms with Gasteiger partial charge in [0.25, 0.3) is 0 Å². The Hall–Kier alpha value is -2.58. The number of rotatable bonds is 6. The van der Waals surface area contributed by atoms with Gasteiger partial charge in [-0.25, -0.2) is 0 Å². The third kappa shape index (κ3) is 3.18. The van der Waals surface area contributed by atoms with Gasteiger partial charge in [-0.1, -0.05) is 31.0 Å². The fourth-order valence-electron chi connectivity index (χ4n) is 3.17. The maximum atomic E-state index is 9.84. The molecule has 0 fully saturated rings. The van der Waals surface area contributed by atoms with E-state index in [0.29, 0.717) is 5.56 Å². The van der Waals surface area contributed by atoms with E-state index in [1.165, 1.54) is 0 Å². The van der Waals surface area contributed by atoms with E-state index in [0.717, 1.165) is 46.6 Å². The van der Waals surface area contributed by atoms with E-state index < -0.39 is 0 Å². The smallest absolute Gasteiger partial charge is 0.120 e. The van der Waals surface area contributed by atoms with Crippen LogP contribution in [0.3, 0.4) is 0 Å². The number of nitrogens with zero attached hydrogens (tertiary/aromatic N) is 2. The summed E-state index contributed by atoms with van der Waals surface area (Å²) in [5.74, 6) is 0.802. The summed E-state index contributed by atoms with van der Waals surface area (Å²) in [6, 6.07) is 16.5. The number of fused-ring (bicyclic) bond motifs is 1. The van der Waals surface area contributed by atoms with Crippen molar-refractivity contribution in [2.75, 3.05) is 18.1 Å². The number of nitrogens with one attached hydrogen (secondary N) is 1. The van der Waals surface area contributed by atoms with E-state index in [1.54, 1.807) is 19.1 Å². The average Bonchev–Trinajstić information content (AvgIpc) is 2.95. The largest absolute Gasteiger partial charge is 0.497 e. The van der Waals surface area contributed by atoms with Crippen molar-refractivity contribution in [3.05, 3.63) is 48.0 Å². The number of ether oxygens (including phenoxy) is 1. The van der Waals surface area contributed by atoms with Gasteiger partial charge < -0.3 is 14.0 Å². The molecule has 0 aliphatic heterocycles. The SMILES string of the molecule is CCCn1c(-c2cccc(NSC)c2)c(C#N)c2ccc(OC)cc21. The van der Waals surface area contributed by atoms with Crippen LogP contribution in [0.25, 0.3) is 22.2 Å². The number of aryl methyl sites for hydroxylation is 1. The lowest BCUT2D eigenvalue weighted by atomic mass is 10.1. The summed E-state index contributed by atoms with van der Waals surface area (Å²) >= 11 is 1.55. The van der Waals surface area contributed by atoms with E-state index in [1.807, 2.05) is 36.6 Å². The molecule has 0 amide bonds. The number of aromatic nitrogens is 1. The van der Waals surface area contributed by atoms with Crippen molar-refractivity contribution in [2.24, 2.45) is 0 Å². The fraction of sp³-hybridized carbons (Fsp3) is 0.250. The molecule has 0 unspecified atom stereocenters. The highest BCUT2D eigenvalue weighted by atomic mass is 32.2. The molecule has 0 saturated carbocycles. The zero-order valence-corrected chi connectivity index (χ0v) is 15.5. The quantitative estimate of drug-likeness (QED) is 0.613. The number of nitriles is 1. The molecule has 5 heteroatoms. The van der Waals surface area contributed by atoms with Crippen LogP contribution in [0.15, 0.2) is 42.5 Å². The first-order valence-corrected chi connectivity index (χ1v) is 9.45. The highest BCUT2D eigenvalue weighted by Gasteiger charge is 2.19. The summed E-state index contributed by atoms with van der Waals surface area (Å²) in [7, 11) is 1.66. The van der Waals surface area contributed by atoms with Gasteiger partial charge in [0.2, 0.25) is 0 Å². The summed E-state index contributed by atoms with van der Waals surface area (Å²) < 4.78 is 10.9. The number of methoxy groups -OCH3 is 1. The molecule has 0 bridgehead atoms. The first-order valence-electron chi connectivity index (χ1n) is 8.23. The van der Waals surface area contributed by atoms with Crippen molar-refractivity contribution in [1.29, 1.82) is 5.26 Å². The third-order valence-corrected chi connectivity index (χ3v) is 4.63. The lowest BCUT2D eigenvalue weighted by molar-refractivity contribution is 0.415. The van der Waals surface area contributed by atoms with E-state index in [2.05, 4.69) is 34.4 Å². The van der Waals surface area contributed by atoms with Gasteiger partial charge in [0.1, 0.15) is 11.8 Å². The second-order valence-electron chi connectivity index (χ2n) is 5.76. The Labute approximate surface area is 152 Å². The Balaban J connectivity index is 2.31. The number of benzene rings is 2. The molecule has 3 rings (SSSR count). The molecule has 0 spiro atoms. The van der Waals surface area contributed by atoms with Crippen LogP contribution in [-0.2, 0) is 6.54 Å². The number of hydrogen-bond acceptors (Lipinski definition) is 4. The Kier molecular flexibility index (Phi) is 5.20. The lowest BCUT2D eigenvalue weighted by Gasteiger charge is -2.12. The van der Waals surface area contributed by atoms with E-state index in [-0.39, 0.29) is 0 Å². The van der Waals surface area contributed by atoms with Gasteiger partial charge in [0.15, 0.2) is 0 Å². The summed E-state index contributed by atoms with van der Waals surface area (Å²) in [6.45, 7) is 2.99. The molecule has 1 N–H and O–H groups in total. The van der Waals surface area contributed by atoms with Gasteiger partial charge >= 0.3 is 0 Å². The number of anilines is 1. The van der Waals surface area contributed by atoms with Gasteiger partial charge in [-0.2, -0.15) is 5.26 Å². The van der Waals surface area contributed by atoms with Crippen LogP contribution < -0.4 is 9.46 Å². The zero-order chi connectivity index (χ0) is 17.8. The normalized spacial score (nSPS) is 10.6. The summed E-state index contributed by atoms with van der Waals surface area (Å²) in [4.78, 5) is 0. The molecule has 0 saturated heterocycles. The molecule has 3 aromatic rings. The minimum atomic E-state index is 0.715. The molecule has 0 radical (unpaired) electrons. The van der Waals surface area contributed by atoms with Crippen molar-refractivity contribution in [3.63, 3.8) is 0 Å². The molecule has 1 aromatic heterocycles. The van der Waals surface area contributed by atoms with Crippen molar-refractivity contribution in [2.45, 2.75) is 19.9 Å².